The van der Waals surface area contributed by atoms with E-state index in [9.17, 15) is 13.2 Å². The monoisotopic (exact) mass is 286 g/mol. The van der Waals surface area contributed by atoms with Gasteiger partial charge in [0.05, 0.1) is 5.56 Å². The molecule has 0 amide bonds. The fraction of sp³-hybridized carbons (Fsp3) is 0.667. The topological polar surface area (TPSA) is 38.9 Å². The van der Waals surface area contributed by atoms with E-state index in [-0.39, 0.29) is 5.56 Å². The van der Waals surface area contributed by atoms with Crippen LogP contribution in [0.15, 0.2) is 18.5 Å². The summed E-state index contributed by atoms with van der Waals surface area (Å²) in [4.78, 5) is 3.79. The Morgan fingerprint density at radius 3 is 2.60 bits per heavy atom. The summed E-state index contributed by atoms with van der Waals surface area (Å²) in [6, 6.07) is 0.428. The van der Waals surface area contributed by atoms with Gasteiger partial charge in [-0.2, -0.15) is 13.2 Å². The minimum Gasteiger partial charge on any atom is -0.324 e. The zero-order chi connectivity index (χ0) is 14.6. The number of rotatable bonds is 4. The maximum Gasteiger partial charge on any atom is 0.416 e. The van der Waals surface area contributed by atoms with E-state index in [1.54, 1.807) is 0 Å². The first kappa shape index (κ1) is 15.3. The summed E-state index contributed by atoms with van der Waals surface area (Å²) in [6.45, 7) is 0. The third kappa shape index (κ3) is 3.95. The molecule has 0 bridgehead atoms. The Morgan fingerprint density at radius 2 is 1.95 bits per heavy atom. The summed E-state index contributed by atoms with van der Waals surface area (Å²) in [5, 5.41) is 0. The van der Waals surface area contributed by atoms with Crippen molar-refractivity contribution < 1.29 is 13.2 Å². The molecule has 0 aliphatic heterocycles. The summed E-state index contributed by atoms with van der Waals surface area (Å²) in [5.41, 5.74) is 5.44. The van der Waals surface area contributed by atoms with E-state index in [0.717, 1.165) is 12.5 Å². The molecule has 1 unspecified atom stereocenters. The second-order valence-electron chi connectivity index (χ2n) is 5.65. The van der Waals surface area contributed by atoms with Gasteiger partial charge in [0.2, 0.25) is 0 Å². The van der Waals surface area contributed by atoms with Crippen molar-refractivity contribution in [3.8, 4) is 0 Å². The quantitative estimate of drug-likeness (QED) is 0.887. The van der Waals surface area contributed by atoms with Gasteiger partial charge >= 0.3 is 6.18 Å². The maximum absolute atomic E-state index is 12.9. The molecule has 2 N–H and O–H groups in total. The minimum atomic E-state index is -4.36. The number of halogens is 3. The van der Waals surface area contributed by atoms with Gasteiger partial charge in [0.1, 0.15) is 0 Å². The molecule has 2 nitrogen and oxygen atoms in total. The zero-order valence-corrected chi connectivity index (χ0v) is 11.5. The minimum absolute atomic E-state index is 0.121. The molecule has 1 fully saturated rings. The highest BCUT2D eigenvalue weighted by Gasteiger charge is 2.34. The lowest BCUT2D eigenvalue weighted by Crippen LogP contribution is -2.19. The summed E-state index contributed by atoms with van der Waals surface area (Å²) in [6.07, 6.45) is 5.70. The lowest BCUT2D eigenvalue weighted by molar-refractivity contribution is -0.138. The molecular weight excluding hydrogens is 265 g/mol. The molecule has 1 saturated carbocycles. The molecular formula is C15H21F3N2. The van der Waals surface area contributed by atoms with Gasteiger partial charge in [-0.3, -0.25) is 4.98 Å². The van der Waals surface area contributed by atoms with E-state index in [1.165, 1.54) is 44.5 Å². The molecule has 20 heavy (non-hydrogen) atoms. The van der Waals surface area contributed by atoms with Gasteiger partial charge in [0.15, 0.2) is 0 Å². The van der Waals surface area contributed by atoms with Crippen molar-refractivity contribution in [1.82, 2.24) is 4.98 Å². The molecule has 0 saturated heterocycles. The van der Waals surface area contributed by atoms with E-state index in [0.29, 0.717) is 12.3 Å². The second-order valence-corrected chi connectivity index (χ2v) is 5.65. The van der Waals surface area contributed by atoms with Crippen molar-refractivity contribution in [2.24, 2.45) is 11.7 Å². The lowest BCUT2D eigenvalue weighted by Gasteiger charge is -2.24. The first-order chi connectivity index (χ1) is 9.48. The fourth-order valence-corrected chi connectivity index (χ4v) is 3.01. The number of pyridine rings is 1. The Balaban J connectivity index is 2.00. The number of aromatic nitrogens is 1. The van der Waals surface area contributed by atoms with Crippen LogP contribution in [0, 0.1) is 5.92 Å². The van der Waals surface area contributed by atoms with E-state index < -0.39 is 17.8 Å². The number of alkyl halides is 3. The average molecular weight is 286 g/mol. The Hall–Kier alpha value is -1.10. The highest BCUT2D eigenvalue weighted by molar-refractivity contribution is 5.28. The van der Waals surface area contributed by atoms with Gasteiger partial charge in [-0.15, -0.1) is 0 Å². The Bertz CT molecular complexity index is 425. The van der Waals surface area contributed by atoms with E-state index in [2.05, 4.69) is 4.98 Å². The molecule has 1 atom stereocenters. The maximum atomic E-state index is 12.9. The van der Waals surface area contributed by atoms with Crippen molar-refractivity contribution in [2.75, 3.05) is 0 Å². The summed E-state index contributed by atoms with van der Waals surface area (Å²) in [7, 11) is 0. The van der Waals surface area contributed by atoms with Crippen LogP contribution in [0.2, 0.25) is 0 Å². The van der Waals surface area contributed by atoms with Gasteiger partial charge in [0, 0.05) is 18.4 Å². The normalized spacial score (nSPS) is 19.0. The highest BCUT2D eigenvalue weighted by atomic mass is 19.4. The SMILES string of the molecule is NC(CCC1CCCCC1)c1cnccc1C(F)(F)F. The largest absolute Gasteiger partial charge is 0.416 e. The van der Waals surface area contributed by atoms with Crippen LogP contribution < -0.4 is 5.73 Å². The zero-order valence-electron chi connectivity index (χ0n) is 11.5. The van der Waals surface area contributed by atoms with Crippen LogP contribution in [0.1, 0.15) is 62.1 Å². The van der Waals surface area contributed by atoms with Gasteiger partial charge in [0.25, 0.3) is 0 Å². The molecule has 1 aromatic heterocycles. The summed E-state index contributed by atoms with van der Waals surface area (Å²) >= 11 is 0. The number of nitrogens with two attached hydrogens (primary N) is 1. The van der Waals surface area contributed by atoms with Crippen LogP contribution in [0.4, 0.5) is 13.2 Å². The van der Waals surface area contributed by atoms with Crippen molar-refractivity contribution >= 4 is 0 Å². The Kier molecular flexibility index (Phi) is 5.02. The van der Waals surface area contributed by atoms with E-state index in [4.69, 9.17) is 5.73 Å². The van der Waals surface area contributed by atoms with Gasteiger partial charge < -0.3 is 5.73 Å². The van der Waals surface area contributed by atoms with Crippen molar-refractivity contribution in [3.05, 3.63) is 29.6 Å². The van der Waals surface area contributed by atoms with Crippen LogP contribution in [-0.4, -0.2) is 4.98 Å². The Morgan fingerprint density at radius 1 is 1.25 bits per heavy atom. The van der Waals surface area contributed by atoms with Gasteiger partial charge in [-0.25, -0.2) is 0 Å². The molecule has 1 aliphatic rings. The first-order valence-corrected chi connectivity index (χ1v) is 7.25. The lowest BCUT2D eigenvalue weighted by atomic mass is 9.84. The van der Waals surface area contributed by atoms with Crippen LogP contribution in [0.3, 0.4) is 0 Å². The molecule has 0 spiro atoms. The van der Waals surface area contributed by atoms with Crippen LogP contribution in [0.25, 0.3) is 0 Å². The van der Waals surface area contributed by atoms with Crippen molar-refractivity contribution in [1.29, 1.82) is 0 Å². The standard InChI is InChI=1S/C15H21F3N2/c16-15(17,18)13-8-9-20-10-12(13)14(19)7-6-11-4-2-1-3-5-11/h8-11,14H,1-7,19H2. The predicted octanol–water partition coefficient (Wildman–Crippen LogP) is 4.46. The molecule has 5 heteroatoms. The molecule has 1 aliphatic carbocycles. The predicted molar refractivity (Wildman–Crippen MR) is 72.0 cm³/mol. The highest BCUT2D eigenvalue weighted by Crippen LogP contribution is 2.36. The van der Waals surface area contributed by atoms with E-state index >= 15 is 0 Å². The summed E-state index contributed by atoms with van der Waals surface area (Å²) < 4.78 is 38.8. The molecule has 0 aromatic carbocycles. The number of nitrogens with zero attached hydrogens (tertiary/aromatic N) is 1. The number of hydrogen-bond acceptors (Lipinski definition) is 2. The van der Waals surface area contributed by atoms with Crippen LogP contribution in [0.5, 0.6) is 0 Å². The second kappa shape index (κ2) is 6.57. The van der Waals surface area contributed by atoms with Gasteiger partial charge in [-0.1, -0.05) is 32.1 Å². The van der Waals surface area contributed by atoms with Crippen molar-refractivity contribution in [2.45, 2.75) is 57.2 Å². The summed E-state index contributed by atoms with van der Waals surface area (Å²) in [5.74, 6) is 0.626. The van der Waals surface area contributed by atoms with Crippen LogP contribution in [-0.2, 0) is 6.18 Å². The first-order valence-electron chi connectivity index (χ1n) is 7.25. The third-order valence-corrected chi connectivity index (χ3v) is 4.17. The molecule has 0 radical (unpaired) electrons. The Labute approximate surface area is 117 Å². The third-order valence-electron chi connectivity index (χ3n) is 4.17. The molecule has 2 rings (SSSR count). The van der Waals surface area contributed by atoms with Crippen LogP contribution >= 0.6 is 0 Å². The number of hydrogen-bond donors (Lipinski definition) is 1. The smallest absolute Gasteiger partial charge is 0.324 e. The van der Waals surface area contributed by atoms with E-state index in [1.807, 2.05) is 0 Å². The molecule has 112 valence electrons. The average Bonchev–Trinajstić information content (AvgIpc) is 2.45. The molecule has 1 heterocycles. The van der Waals surface area contributed by atoms with Crippen molar-refractivity contribution in [3.63, 3.8) is 0 Å². The van der Waals surface area contributed by atoms with Gasteiger partial charge in [-0.05, 0) is 30.4 Å². The fourth-order valence-electron chi connectivity index (χ4n) is 3.01. The molecule has 1 aromatic rings.